The van der Waals surface area contributed by atoms with Gasteiger partial charge < -0.3 is 57.8 Å². The molecule has 2 aliphatic heterocycles. The Morgan fingerprint density at radius 2 is 1.28 bits per heavy atom. The molecule has 2 saturated heterocycles. The fourth-order valence-corrected chi connectivity index (χ4v) is 5.85. The summed E-state index contributed by atoms with van der Waals surface area (Å²) < 4.78 is 54.1. The highest BCUT2D eigenvalue weighted by Crippen LogP contribution is 2.38. The lowest BCUT2D eigenvalue weighted by atomic mass is 9.91. The zero-order chi connectivity index (χ0) is 42.7. The first-order valence-electron chi connectivity index (χ1n) is 17.0. The van der Waals surface area contributed by atoms with E-state index in [1.165, 1.54) is 0 Å². The Balaban J connectivity index is 2.23. The van der Waals surface area contributed by atoms with E-state index in [9.17, 15) is 38.7 Å². The fourth-order valence-electron chi connectivity index (χ4n) is 5.69. The van der Waals surface area contributed by atoms with Crippen molar-refractivity contribution in [3.8, 4) is 0 Å². The highest BCUT2D eigenvalue weighted by atomic mass is 35.6. The van der Waals surface area contributed by atoms with E-state index in [-0.39, 0.29) is 6.61 Å². The number of benzene rings is 1. The zero-order valence-corrected chi connectivity index (χ0v) is 33.7. The van der Waals surface area contributed by atoms with Crippen LogP contribution in [0.2, 0.25) is 0 Å². The summed E-state index contributed by atoms with van der Waals surface area (Å²) in [5, 5.41) is 17.1. The van der Waals surface area contributed by atoms with Gasteiger partial charge in [0.1, 0.15) is 44.2 Å². The maximum atomic E-state index is 13.2. The first-order chi connectivity index (χ1) is 26.6. The van der Waals surface area contributed by atoms with Gasteiger partial charge in [0.15, 0.2) is 24.6 Å². The SMILES string of the molecule is CC(=O)N[C@H]1[C@@H](OCc2ccccc2)O[C@H](COC(C)=O)[C@@H](O[C@@H]2O[C@H](COC(C)=O)[C@@H](OC(C)=O)[C@H](OC(C)=O)[C@]2(O)NC(=O)OCC(Cl)(Cl)Cl)[C@@H]1OC(C)=O. The number of alkyl carbamates (subject to hydrolysis) is 1. The van der Waals surface area contributed by atoms with Crippen molar-refractivity contribution in [2.75, 3.05) is 19.8 Å². The smallest absolute Gasteiger partial charge is 0.409 e. The molecule has 0 saturated carbocycles. The van der Waals surface area contributed by atoms with E-state index in [2.05, 4.69) is 5.32 Å². The number of alkyl halides is 3. The summed E-state index contributed by atoms with van der Waals surface area (Å²) in [6.45, 7) is 3.83. The number of esters is 5. The Bertz CT molecular complexity index is 1600. The minimum Gasteiger partial charge on any atom is -0.463 e. The number of ether oxygens (including phenoxy) is 10. The average molecular weight is 874 g/mol. The molecule has 0 unspecified atom stereocenters. The molecule has 318 valence electrons. The van der Waals surface area contributed by atoms with Gasteiger partial charge in [0.2, 0.25) is 21.7 Å². The quantitative estimate of drug-likeness (QED) is 0.0970. The highest BCUT2D eigenvalue weighted by molar-refractivity contribution is 6.67. The standard InChI is InChI=1S/C34H43Cl3N2O18/c1-16(40)38-25-28(53-20(5)44)26(23(13-48-17(2)41)55-30(25)50-12-22-10-8-7-9-11-22)57-31-34(47,39-32(46)51-15-33(35,36)37)29(54-21(6)45)27(52-19(4)43)24(56-31)14-49-18(3)42/h7-11,23-31,47H,12-15H2,1-6H3,(H,38,40)(H,39,46)/t23-,24-,25-,26-,27-,28-,29+,30+,31+,34-/m1/s1. The van der Waals surface area contributed by atoms with Crippen molar-refractivity contribution in [1.82, 2.24) is 10.6 Å². The van der Waals surface area contributed by atoms with Crippen LogP contribution in [-0.2, 0) is 82.7 Å². The van der Waals surface area contributed by atoms with Crippen molar-refractivity contribution in [3.05, 3.63) is 35.9 Å². The van der Waals surface area contributed by atoms with Crippen molar-refractivity contribution in [1.29, 1.82) is 0 Å². The molecule has 1 aromatic rings. The van der Waals surface area contributed by atoms with Gasteiger partial charge in [0.25, 0.3) is 0 Å². The van der Waals surface area contributed by atoms with E-state index in [1.807, 2.05) is 5.32 Å². The third kappa shape index (κ3) is 14.7. The predicted octanol–water partition coefficient (Wildman–Crippen LogP) is 1.25. The summed E-state index contributed by atoms with van der Waals surface area (Å²) in [6.07, 6.45) is -15.9. The third-order valence-electron chi connectivity index (χ3n) is 7.78. The summed E-state index contributed by atoms with van der Waals surface area (Å²) >= 11 is 17.2. The number of hydrogen-bond acceptors (Lipinski definition) is 18. The van der Waals surface area contributed by atoms with Crippen molar-refractivity contribution in [2.45, 2.75) is 113 Å². The van der Waals surface area contributed by atoms with Crippen molar-refractivity contribution < 1.29 is 86.0 Å². The normalized spacial score (nSPS) is 28.5. The lowest BCUT2D eigenvalue weighted by molar-refractivity contribution is -0.379. The van der Waals surface area contributed by atoms with Crippen LogP contribution in [0.15, 0.2) is 30.3 Å². The number of nitrogens with one attached hydrogen (secondary N) is 2. The Labute approximate surface area is 341 Å². The summed E-state index contributed by atoms with van der Waals surface area (Å²) in [5.41, 5.74) is -2.49. The Morgan fingerprint density at radius 3 is 1.79 bits per heavy atom. The number of amides is 2. The van der Waals surface area contributed by atoms with Gasteiger partial charge in [-0.2, -0.15) is 0 Å². The van der Waals surface area contributed by atoms with Crippen LogP contribution in [0.1, 0.15) is 47.1 Å². The molecule has 1 aromatic carbocycles. The monoisotopic (exact) mass is 872 g/mol. The summed E-state index contributed by atoms with van der Waals surface area (Å²) in [4.78, 5) is 87.3. The molecule has 23 heteroatoms. The van der Waals surface area contributed by atoms with Gasteiger partial charge in [-0.25, -0.2) is 4.79 Å². The molecular weight excluding hydrogens is 831 g/mol. The number of hydrogen-bond donors (Lipinski definition) is 3. The minimum absolute atomic E-state index is 0.0919. The van der Waals surface area contributed by atoms with E-state index in [1.54, 1.807) is 30.3 Å². The molecule has 10 atom stereocenters. The summed E-state index contributed by atoms with van der Waals surface area (Å²) in [6, 6.07) is 7.35. The van der Waals surface area contributed by atoms with Gasteiger partial charge in [-0.15, -0.1) is 0 Å². The van der Waals surface area contributed by atoms with Crippen LogP contribution in [0.3, 0.4) is 0 Å². The molecule has 3 N–H and O–H groups in total. The second-order valence-electron chi connectivity index (χ2n) is 12.6. The first-order valence-corrected chi connectivity index (χ1v) is 18.1. The van der Waals surface area contributed by atoms with Crippen LogP contribution < -0.4 is 10.6 Å². The molecule has 0 aromatic heterocycles. The maximum Gasteiger partial charge on any atom is 0.409 e. The van der Waals surface area contributed by atoms with Crippen molar-refractivity contribution in [3.63, 3.8) is 0 Å². The van der Waals surface area contributed by atoms with Crippen LogP contribution in [0.5, 0.6) is 0 Å². The van der Waals surface area contributed by atoms with Crippen LogP contribution in [0.25, 0.3) is 0 Å². The van der Waals surface area contributed by atoms with Crippen LogP contribution in [-0.4, -0.2) is 132 Å². The van der Waals surface area contributed by atoms with Gasteiger partial charge in [0, 0.05) is 41.5 Å². The van der Waals surface area contributed by atoms with Crippen LogP contribution >= 0.6 is 34.8 Å². The van der Waals surface area contributed by atoms with Crippen LogP contribution in [0.4, 0.5) is 4.79 Å². The van der Waals surface area contributed by atoms with Gasteiger partial charge in [-0.05, 0) is 5.56 Å². The molecule has 2 aliphatic rings. The first kappa shape index (κ1) is 47.4. The van der Waals surface area contributed by atoms with E-state index in [0.29, 0.717) is 5.56 Å². The Kier molecular flexibility index (Phi) is 17.5. The Morgan fingerprint density at radius 1 is 0.737 bits per heavy atom. The van der Waals surface area contributed by atoms with E-state index in [4.69, 9.17) is 82.2 Å². The topological polar surface area (TPSA) is 256 Å². The number of carbonyl (C=O) groups excluding carboxylic acids is 7. The Hall–Kier alpha value is -4.02. The number of rotatable bonds is 15. The molecule has 0 aliphatic carbocycles. The average Bonchev–Trinajstić information content (AvgIpc) is 3.09. The zero-order valence-electron chi connectivity index (χ0n) is 31.4. The van der Waals surface area contributed by atoms with Gasteiger partial charge in [-0.1, -0.05) is 65.1 Å². The highest BCUT2D eigenvalue weighted by Gasteiger charge is 2.63. The molecule has 0 spiro atoms. The molecule has 0 bridgehead atoms. The molecule has 0 radical (unpaired) electrons. The molecule has 2 fully saturated rings. The molecule has 2 amide bonds. The lowest BCUT2D eigenvalue weighted by Gasteiger charge is -2.52. The van der Waals surface area contributed by atoms with Gasteiger partial charge in [-0.3, -0.25) is 34.1 Å². The number of carbonyl (C=O) groups is 7. The van der Waals surface area contributed by atoms with Crippen LogP contribution in [0, 0.1) is 0 Å². The number of halogens is 3. The number of aliphatic hydroxyl groups is 1. The lowest BCUT2D eigenvalue weighted by Crippen LogP contribution is -2.76. The van der Waals surface area contributed by atoms with Crippen molar-refractivity contribution in [2.24, 2.45) is 0 Å². The molecular formula is C34H43Cl3N2O18. The van der Waals surface area contributed by atoms with E-state index in [0.717, 1.165) is 41.5 Å². The molecule has 2 heterocycles. The predicted molar refractivity (Wildman–Crippen MR) is 191 cm³/mol. The van der Waals surface area contributed by atoms with Crippen molar-refractivity contribution >= 4 is 76.6 Å². The molecule has 20 nitrogen and oxygen atoms in total. The maximum absolute atomic E-state index is 13.2. The molecule has 57 heavy (non-hydrogen) atoms. The second-order valence-corrected chi connectivity index (χ2v) is 15.1. The van der Waals surface area contributed by atoms with E-state index < -0.39 is 126 Å². The van der Waals surface area contributed by atoms with E-state index >= 15 is 0 Å². The summed E-state index contributed by atoms with van der Waals surface area (Å²) in [7, 11) is 0. The molecule has 3 rings (SSSR count). The third-order valence-corrected chi connectivity index (χ3v) is 8.11. The summed E-state index contributed by atoms with van der Waals surface area (Å²) in [5.74, 6) is -5.33. The van der Waals surface area contributed by atoms with Gasteiger partial charge in [0.05, 0.1) is 6.61 Å². The van der Waals surface area contributed by atoms with Gasteiger partial charge >= 0.3 is 35.9 Å². The fraction of sp³-hybridized carbons (Fsp3) is 0.618. The minimum atomic E-state index is -3.17. The largest absolute Gasteiger partial charge is 0.463 e. The second kappa shape index (κ2) is 21.1.